The fourth-order valence-electron chi connectivity index (χ4n) is 1.60. The van der Waals surface area contributed by atoms with E-state index < -0.39 is 6.03 Å². The third kappa shape index (κ3) is 4.58. The van der Waals surface area contributed by atoms with Crippen LogP contribution in [0, 0.1) is 12.7 Å². The van der Waals surface area contributed by atoms with Gasteiger partial charge in [0, 0.05) is 18.3 Å². The van der Waals surface area contributed by atoms with Crippen LogP contribution in [0.2, 0.25) is 0 Å². The highest BCUT2D eigenvalue weighted by Crippen LogP contribution is 2.10. The summed E-state index contributed by atoms with van der Waals surface area (Å²) < 4.78 is 17.9. The van der Waals surface area contributed by atoms with Gasteiger partial charge in [-0.1, -0.05) is 0 Å². The van der Waals surface area contributed by atoms with Gasteiger partial charge in [-0.05, 0) is 31.2 Å². The zero-order valence-corrected chi connectivity index (χ0v) is 12.0. The van der Waals surface area contributed by atoms with Gasteiger partial charge in [0.15, 0.2) is 6.73 Å². The van der Waals surface area contributed by atoms with Crippen LogP contribution < -0.4 is 21.1 Å². The van der Waals surface area contributed by atoms with Gasteiger partial charge < -0.3 is 21.1 Å². The maximum atomic E-state index is 12.7. The molecule has 0 unspecified atom stereocenters. The van der Waals surface area contributed by atoms with Crippen molar-refractivity contribution in [2.45, 2.75) is 13.5 Å². The molecule has 1 aromatic heterocycles. The Bertz CT molecular complexity index is 648. The fourth-order valence-corrected chi connectivity index (χ4v) is 1.60. The Kier molecular flexibility index (Phi) is 5.07. The molecule has 0 saturated carbocycles. The van der Waals surface area contributed by atoms with E-state index in [9.17, 15) is 9.18 Å². The Labute approximate surface area is 126 Å². The van der Waals surface area contributed by atoms with E-state index in [1.165, 1.54) is 24.3 Å². The highest BCUT2D eigenvalue weighted by molar-refractivity contribution is 5.73. The highest BCUT2D eigenvalue weighted by Gasteiger charge is 2.05. The topological polar surface area (TPSA) is 102 Å². The van der Waals surface area contributed by atoms with Crippen molar-refractivity contribution < 1.29 is 13.9 Å². The average molecular weight is 305 g/mol. The Balaban J connectivity index is 1.72. The van der Waals surface area contributed by atoms with Crippen molar-refractivity contribution in [1.82, 2.24) is 20.6 Å². The van der Waals surface area contributed by atoms with Crippen molar-refractivity contribution >= 4 is 11.8 Å². The summed E-state index contributed by atoms with van der Waals surface area (Å²) in [6, 6.07) is 5.06. The number of ether oxygens (including phenoxy) is 1. The van der Waals surface area contributed by atoms with Crippen LogP contribution in [0.3, 0.4) is 0 Å². The van der Waals surface area contributed by atoms with Crippen LogP contribution in [-0.4, -0.2) is 22.7 Å². The molecule has 7 nitrogen and oxygen atoms in total. The second-order valence-electron chi connectivity index (χ2n) is 4.43. The minimum absolute atomic E-state index is 0.0443. The number of carbonyl (C=O) groups is 1. The van der Waals surface area contributed by atoms with E-state index in [0.29, 0.717) is 23.0 Å². The van der Waals surface area contributed by atoms with Crippen LogP contribution in [0.4, 0.5) is 15.0 Å². The fraction of sp³-hybridized carbons (Fsp3) is 0.214. The molecule has 2 aromatic rings. The molecule has 0 radical (unpaired) electrons. The number of rotatable bonds is 5. The molecule has 0 bridgehead atoms. The monoisotopic (exact) mass is 305 g/mol. The molecule has 0 atom stereocenters. The lowest BCUT2D eigenvalue weighted by atomic mass is 10.3. The largest absolute Gasteiger partial charge is 0.473 e. The molecule has 0 aliphatic heterocycles. The normalized spacial score (nSPS) is 10.1. The van der Waals surface area contributed by atoms with Gasteiger partial charge in [-0.2, -0.15) is 0 Å². The minimum atomic E-state index is -0.429. The Morgan fingerprint density at radius 1 is 1.32 bits per heavy atom. The molecule has 0 aliphatic carbocycles. The SMILES string of the molecule is Cc1ncc(CNC(=O)NCOc2ccc(F)cc2)c(N)n1. The summed E-state index contributed by atoms with van der Waals surface area (Å²) in [5, 5.41) is 5.10. The number of halogens is 1. The van der Waals surface area contributed by atoms with Gasteiger partial charge in [-0.25, -0.2) is 19.2 Å². The predicted molar refractivity (Wildman–Crippen MR) is 78.4 cm³/mol. The summed E-state index contributed by atoms with van der Waals surface area (Å²) in [6.07, 6.45) is 1.56. The Hall–Kier alpha value is -2.90. The second-order valence-corrected chi connectivity index (χ2v) is 4.43. The van der Waals surface area contributed by atoms with Crippen LogP contribution in [0.5, 0.6) is 5.75 Å². The van der Waals surface area contributed by atoms with Gasteiger partial charge in [-0.15, -0.1) is 0 Å². The van der Waals surface area contributed by atoms with Gasteiger partial charge in [0.05, 0.1) is 0 Å². The number of hydrogen-bond acceptors (Lipinski definition) is 5. The lowest BCUT2D eigenvalue weighted by molar-refractivity contribution is 0.223. The van der Waals surface area contributed by atoms with E-state index >= 15 is 0 Å². The van der Waals surface area contributed by atoms with E-state index in [1.54, 1.807) is 13.1 Å². The first-order valence-corrected chi connectivity index (χ1v) is 6.52. The van der Waals surface area contributed by atoms with Gasteiger partial charge in [0.2, 0.25) is 0 Å². The molecule has 1 aromatic carbocycles. The maximum absolute atomic E-state index is 12.7. The molecule has 0 fully saturated rings. The van der Waals surface area contributed by atoms with Crippen molar-refractivity contribution in [3.63, 3.8) is 0 Å². The van der Waals surface area contributed by atoms with Crippen molar-refractivity contribution in [2.75, 3.05) is 12.5 Å². The summed E-state index contributed by atoms with van der Waals surface area (Å²) in [5.74, 6) is 1.00. The van der Waals surface area contributed by atoms with Crippen LogP contribution in [0.25, 0.3) is 0 Å². The number of carbonyl (C=O) groups excluding carboxylic acids is 1. The first-order valence-electron chi connectivity index (χ1n) is 6.52. The van der Waals surface area contributed by atoms with Crippen molar-refractivity contribution in [3.8, 4) is 5.75 Å². The highest BCUT2D eigenvalue weighted by atomic mass is 19.1. The molecule has 1 heterocycles. The molecule has 116 valence electrons. The van der Waals surface area contributed by atoms with Crippen LogP contribution in [-0.2, 0) is 6.54 Å². The summed E-state index contributed by atoms with van der Waals surface area (Å²) >= 11 is 0. The third-order valence-corrected chi connectivity index (χ3v) is 2.74. The number of benzene rings is 1. The summed E-state index contributed by atoms with van der Waals surface area (Å²) in [5.41, 5.74) is 6.34. The smallest absolute Gasteiger partial charge is 0.317 e. The number of nitrogens with one attached hydrogen (secondary N) is 2. The number of aromatic nitrogens is 2. The minimum Gasteiger partial charge on any atom is -0.473 e. The Morgan fingerprint density at radius 2 is 2.05 bits per heavy atom. The van der Waals surface area contributed by atoms with Crippen molar-refractivity contribution in [2.24, 2.45) is 0 Å². The molecule has 8 heteroatoms. The maximum Gasteiger partial charge on any atom is 0.317 e. The lowest BCUT2D eigenvalue weighted by Gasteiger charge is -2.10. The number of aryl methyl sites for hydroxylation is 1. The third-order valence-electron chi connectivity index (χ3n) is 2.74. The van der Waals surface area contributed by atoms with E-state index in [1.807, 2.05) is 0 Å². The molecule has 2 amide bonds. The molecular formula is C14H16FN5O2. The number of urea groups is 1. The number of nitrogens with two attached hydrogens (primary N) is 1. The number of hydrogen-bond donors (Lipinski definition) is 3. The van der Waals surface area contributed by atoms with Gasteiger partial charge in [0.1, 0.15) is 23.2 Å². The standard InChI is InChI=1S/C14H16FN5O2/c1-9-17-6-10(13(16)20-9)7-18-14(21)19-8-22-12-4-2-11(15)3-5-12/h2-6H,7-8H2,1H3,(H2,16,17,20)(H2,18,19,21). The van der Waals surface area contributed by atoms with Gasteiger partial charge in [0.25, 0.3) is 0 Å². The number of nitrogens with zero attached hydrogens (tertiary/aromatic N) is 2. The molecule has 4 N–H and O–H groups in total. The van der Waals surface area contributed by atoms with Crippen LogP contribution in [0.15, 0.2) is 30.5 Å². The summed E-state index contributed by atoms with van der Waals surface area (Å²) in [7, 11) is 0. The molecule has 22 heavy (non-hydrogen) atoms. The van der Waals surface area contributed by atoms with Crippen LogP contribution in [0.1, 0.15) is 11.4 Å². The van der Waals surface area contributed by atoms with Gasteiger partial charge >= 0.3 is 6.03 Å². The quantitative estimate of drug-likeness (QED) is 0.724. The summed E-state index contributed by atoms with van der Waals surface area (Å²) in [6.45, 7) is 1.89. The number of anilines is 1. The first-order chi connectivity index (χ1) is 10.5. The zero-order valence-electron chi connectivity index (χ0n) is 12.0. The predicted octanol–water partition coefficient (Wildman–Crippen LogP) is 1.34. The zero-order chi connectivity index (χ0) is 15.9. The van der Waals surface area contributed by atoms with Crippen LogP contribution >= 0.6 is 0 Å². The average Bonchev–Trinajstić information content (AvgIpc) is 2.48. The first kappa shape index (κ1) is 15.5. The van der Waals surface area contributed by atoms with E-state index in [0.717, 1.165) is 0 Å². The molecule has 0 saturated heterocycles. The second kappa shape index (κ2) is 7.21. The molecule has 2 rings (SSSR count). The summed E-state index contributed by atoms with van der Waals surface area (Å²) in [4.78, 5) is 19.6. The van der Waals surface area contributed by atoms with E-state index in [4.69, 9.17) is 10.5 Å². The molecule has 0 aliphatic rings. The number of amides is 2. The van der Waals surface area contributed by atoms with Gasteiger partial charge in [-0.3, -0.25) is 0 Å². The lowest BCUT2D eigenvalue weighted by Crippen LogP contribution is -2.37. The molecule has 0 spiro atoms. The van der Waals surface area contributed by atoms with E-state index in [-0.39, 0.29) is 19.1 Å². The van der Waals surface area contributed by atoms with Crippen molar-refractivity contribution in [1.29, 1.82) is 0 Å². The van der Waals surface area contributed by atoms with Crippen molar-refractivity contribution in [3.05, 3.63) is 47.7 Å². The Morgan fingerprint density at radius 3 is 2.73 bits per heavy atom. The molecular weight excluding hydrogens is 289 g/mol. The number of nitrogen functional groups attached to an aromatic ring is 1. The van der Waals surface area contributed by atoms with E-state index in [2.05, 4.69) is 20.6 Å².